The lowest BCUT2D eigenvalue weighted by atomic mass is 10.1. The molecule has 7 nitrogen and oxygen atoms in total. The molecule has 1 aromatic heterocycles. The number of benzene rings is 2. The second-order valence-corrected chi connectivity index (χ2v) is 7.09. The third-order valence-electron chi connectivity index (χ3n) is 3.67. The van der Waals surface area contributed by atoms with E-state index in [1.54, 1.807) is 30.5 Å². The van der Waals surface area contributed by atoms with Crippen LogP contribution in [0.3, 0.4) is 0 Å². The first kappa shape index (κ1) is 17.0. The van der Waals surface area contributed by atoms with Crippen LogP contribution in [0.15, 0.2) is 65.7 Å². The van der Waals surface area contributed by atoms with Gasteiger partial charge in [0.15, 0.2) is 0 Å². The molecule has 0 aliphatic carbocycles. The van der Waals surface area contributed by atoms with Gasteiger partial charge in [-0.05, 0) is 35.9 Å². The SMILES string of the molecule is O=C(NO)c1ccc(CNS(=O)(=O)c2ccc3cccnc3c2)cc1. The Balaban J connectivity index is 1.75. The normalized spacial score (nSPS) is 11.4. The maximum absolute atomic E-state index is 12.4. The highest BCUT2D eigenvalue weighted by Gasteiger charge is 2.14. The number of aromatic nitrogens is 1. The minimum absolute atomic E-state index is 0.0730. The molecule has 1 heterocycles. The van der Waals surface area contributed by atoms with E-state index in [9.17, 15) is 13.2 Å². The van der Waals surface area contributed by atoms with Crippen molar-refractivity contribution in [1.29, 1.82) is 0 Å². The molecule has 3 N–H and O–H groups in total. The van der Waals surface area contributed by atoms with Crippen LogP contribution in [-0.4, -0.2) is 24.5 Å². The Morgan fingerprint density at radius 3 is 2.56 bits per heavy atom. The van der Waals surface area contributed by atoms with Gasteiger partial charge in [0.25, 0.3) is 5.91 Å². The molecule has 0 bridgehead atoms. The van der Waals surface area contributed by atoms with Crippen LogP contribution < -0.4 is 10.2 Å². The zero-order chi connectivity index (χ0) is 17.9. The molecule has 1 amide bonds. The summed E-state index contributed by atoms with van der Waals surface area (Å²) < 4.78 is 27.4. The van der Waals surface area contributed by atoms with E-state index in [-0.39, 0.29) is 17.0 Å². The molecule has 0 aliphatic heterocycles. The highest BCUT2D eigenvalue weighted by atomic mass is 32.2. The molecule has 2 aromatic carbocycles. The van der Waals surface area contributed by atoms with E-state index in [1.165, 1.54) is 29.7 Å². The largest absolute Gasteiger partial charge is 0.288 e. The quantitative estimate of drug-likeness (QED) is 0.477. The summed E-state index contributed by atoms with van der Waals surface area (Å²) in [6.45, 7) is 0.0730. The van der Waals surface area contributed by atoms with Crippen molar-refractivity contribution >= 4 is 26.8 Å². The molecule has 8 heteroatoms. The number of sulfonamides is 1. The number of hydrogen-bond acceptors (Lipinski definition) is 5. The molecule has 0 radical (unpaired) electrons. The van der Waals surface area contributed by atoms with E-state index in [2.05, 4.69) is 9.71 Å². The van der Waals surface area contributed by atoms with E-state index >= 15 is 0 Å². The summed E-state index contributed by atoms with van der Waals surface area (Å²) in [5.74, 6) is -0.629. The van der Waals surface area contributed by atoms with Gasteiger partial charge < -0.3 is 0 Å². The molecule has 0 spiro atoms. The van der Waals surface area contributed by atoms with Gasteiger partial charge in [-0.2, -0.15) is 0 Å². The second kappa shape index (κ2) is 6.98. The monoisotopic (exact) mass is 357 g/mol. The highest BCUT2D eigenvalue weighted by molar-refractivity contribution is 7.89. The van der Waals surface area contributed by atoms with Crippen LogP contribution >= 0.6 is 0 Å². The summed E-state index contributed by atoms with van der Waals surface area (Å²) in [6.07, 6.45) is 1.61. The van der Waals surface area contributed by atoms with Crippen molar-refractivity contribution in [3.63, 3.8) is 0 Å². The van der Waals surface area contributed by atoms with Crippen LogP contribution in [-0.2, 0) is 16.6 Å². The predicted octanol–water partition coefficient (Wildman–Crippen LogP) is 1.83. The molecule has 3 rings (SSSR count). The van der Waals surface area contributed by atoms with Crippen LogP contribution in [0.5, 0.6) is 0 Å². The topological polar surface area (TPSA) is 108 Å². The van der Waals surface area contributed by atoms with E-state index in [4.69, 9.17) is 5.21 Å². The number of pyridine rings is 1. The minimum Gasteiger partial charge on any atom is -0.288 e. The van der Waals surface area contributed by atoms with Gasteiger partial charge >= 0.3 is 0 Å². The third-order valence-corrected chi connectivity index (χ3v) is 5.07. The first-order valence-corrected chi connectivity index (χ1v) is 8.86. The summed E-state index contributed by atoms with van der Waals surface area (Å²) in [4.78, 5) is 15.5. The minimum atomic E-state index is -3.69. The van der Waals surface area contributed by atoms with Gasteiger partial charge in [-0.15, -0.1) is 0 Å². The fourth-order valence-corrected chi connectivity index (χ4v) is 3.35. The summed E-state index contributed by atoms with van der Waals surface area (Å²) in [6, 6.07) is 14.6. The number of nitrogens with one attached hydrogen (secondary N) is 2. The van der Waals surface area contributed by atoms with Crippen molar-refractivity contribution in [1.82, 2.24) is 15.2 Å². The number of carbonyl (C=O) groups excluding carboxylic acids is 1. The second-order valence-electron chi connectivity index (χ2n) is 5.32. The van der Waals surface area contributed by atoms with Crippen molar-refractivity contribution in [2.24, 2.45) is 0 Å². The van der Waals surface area contributed by atoms with Gasteiger partial charge in [0.1, 0.15) is 0 Å². The number of fused-ring (bicyclic) bond motifs is 1. The van der Waals surface area contributed by atoms with Crippen molar-refractivity contribution in [2.75, 3.05) is 0 Å². The average molecular weight is 357 g/mol. The Labute approximate surface area is 144 Å². The molecule has 25 heavy (non-hydrogen) atoms. The van der Waals surface area contributed by atoms with Crippen LogP contribution in [0.2, 0.25) is 0 Å². The van der Waals surface area contributed by atoms with E-state index < -0.39 is 15.9 Å². The van der Waals surface area contributed by atoms with Gasteiger partial charge in [-0.25, -0.2) is 18.6 Å². The Bertz CT molecular complexity index is 1020. The van der Waals surface area contributed by atoms with E-state index in [1.807, 2.05) is 6.07 Å². The molecular weight excluding hydrogens is 342 g/mol. The fraction of sp³-hybridized carbons (Fsp3) is 0.0588. The summed E-state index contributed by atoms with van der Waals surface area (Å²) in [7, 11) is -3.69. The molecule has 0 saturated carbocycles. The van der Waals surface area contributed by atoms with Crippen molar-refractivity contribution in [2.45, 2.75) is 11.4 Å². The third kappa shape index (κ3) is 3.82. The maximum Gasteiger partial charge on any atom is 0.274 e. The fourth-order valence-electron chi connectivity index (χ4n) is 2.31. The van der Waals surface area contributed by atoms with Gasteiger partial charge in [-0.1, -0.05) is 24.3 Å². The van der Waals surface area contributed by atoms with Gasteiger partial charge in [0, 0.05) is 23.7 Å². The van der Waals surface area contributed by atoms with Crippen molar-refractivity contribution in [3.8, 4) is 0 Å². The number of amides is 1. The Morgan fingerprint density at radius 2 is 1.84 bits per heavy atom. The molecule has 3 aromatic rings. The van der Waals surface area contributed by atoms with Crippen LogP contribution in [0.1, 0.15) is 15.9 Å². The van der Waals surface area contributed by atoms with Crippen LogP contribution in [0, 0.1) is 0 Å². The zero-order valence-corrected chi connectivity index (χ0v) is 13.8. The van der Waals surface area contributed by atoms with Crippen molar-refractivity contribution < 1.29 is 18.4 Å². The van der Waals surface area contributed by atoms with Crippen LogP contribution in [0.25, 0.3) is 10.9 Å². The molecule has 0 aliphatic rings. The average Bonchev–Trinajstić information content (AvgIpc) is 2.66. The Morgan fingerprint density at radius 1 is 1.08 bits per heavy atom. The molecule has 0 unspecified atom stereocenters. The highest BCUT2D eigenvalue weighted by Crippen LogP contribution is 2.17. The Kier molecular flexibility index (Phi) is 4.75. The lowest BCUT2D eigenvalue weighted by Crippen LogP contribution is -2.23. The standard InChI is InChI=1S/C17H15N3O4S/c21-17(20-22)14-5-3-12(4-6-14)11-19-25(23,24)15-8-7-13-2-1-9-18-16(13)10-15/h1-10,19,22H,11H2,(H,20,21). The molecule has 0 atom stereocenters. The molecular formula is C17H15N3O4S. The lowest BCUT2D eigenvalue weighted by molar-refractivity contribution is 0.0706. The predicted molar refractivity (Wildman–Crippen MR) is 91.5 cm³/mol. The summed E-state index contributed by atoms with van der Waals surface area (Å²) in [5, 5.41) is 9.43. The Hall–Kier alpha value is -2.81. The zero-order valence-electron chi connectivity index (χ0n) is 13.0. The van der Waals surface area contributed by atoms with Gasteiger partial charge in [0.05, 0.1) is 10.4 Å². The maximum atomic E-state index is 12.4. The first-order valence-electron chi connectivity index (χ1n) is 7.37. The number of carbonyl (C=O) groups is 1. The van der Waals surface area contributed by atoms with E-state index in [0.717, 1.165) is 5.39 Å². The number of nitrogens with zero attached hydrogens (tertiary/aromatic N) is 1. The smallest absolute Gasteiger partial charge is 0.274 e. The van der Waals surface area contributed by atoms with E-state index in [0.29, 0.717) is 11.1 Å². The molecule has 0 saturated heterocycles. The number of rotatable bonds is 5. The van der Waals surface area contributed by atoms with Crippen molar-refractivity contribution in [3.05, 3.63) is 71.9 Å². The van der Waals surface area contributed by atoms with Gasteiger partial charge in [-0.3, -0.25) is 15.0 Å². The molecule has 0 fully saturated rings. The summed E-state index contributed by atoms with van der Waals surface area (Å²) in [5.41, 5.74) is 3.09. The van der Waals surface area contributed by atoms with Gasteiger partial charge in [0.2, 0.25) is 10.0 Å². The number of hydrogen-bond donors (Lipinski definition) is 3. The lowest BCUT2D eigenvalue weighted by Gasteiger charge is -2.08. The first-order chi connectivity index (χ1) is 12.0. The van der Waals surface area contributed by atoms with Crippen LogP contribution in [0.4, 0.5) is 0 Å². The summed E-state index contributed by atoms with van der Waals surface area (Å²) >= 11 is 0. The number of hydroxylamine groups is 1. The molecule has 128 valence electrons.